The van der Waals surface area contributed by atoms with Gasteiger partial charge in [-0.05, 0) is 24.6 Å². The molecule has 0 atom stereocenters. The van der Waals surface area contributed by atoms with Gasteiger partial charge in [0.1, 0.15) is 5.82 Å². The first-order chi connectivity index (χ1) is 5.11. The average molecular weight is 168 g/mol. The van der Waals surface area contributed by atoms with Crippen molar-refractivity contribution in [1.29, 1.82) is 0 Å². The third kappa shape index (κ3) is 1.90. The molecular weight excluding hydrogens is 155 g/mol. The molecule has 0 saturated heterocycles. The molecule has 11 heavy (non-hydrogen) atoms. The van der Waals surface area contributed by atoms with Crippen LogP contribution in [0.2, 0.25) is 13.1 Å². The summed E-state index contributed by atoms with van der Waals surface area (Å²) in [5, 5.41) is 1.37. The first-order valence-corrected chi connectivity index (χ1v) is 6.76. The number of halogens is 1. The van der Waals surface area contributed by atoms with Gasteiger partial charge >= 0.3 is 0 Å². The molecule has 2 heteroatoms. The Balaban J connectivity index is 3.09. The van der Waals surface area contributed by atoms with Crippen LogP contribution in [0.15, 0.2) is 18.2 Å². The van der Waals surface area contributed by atoms with E-state index >= 15 is 0 Å². The Labute approximate surface area is 68.7 Å². The van der Waals surface area contributed by atoms with Crippen molar-refractivity contribution in [3.8, 4) is 0 Å². The van der Waals surface area contributed by atoms with Gasteiger partial charge in [0, 0.05) is 0 Å². The fraction of sp³-hybridized carbons (Fsp3) is 0.333. The van der Waals surface area contributed by atoms with Crippen LogP contribution in [0.1, 0.15) is 5.56 Å². The fourth-order valence-corrected chi connectivity index (χ4v) is 2.76. The molecule has 1 rings (SSSR count). The Kier molecular flexibility index (Phi) is 2.44. The first kappa shape index (κ1) is 8.46. The molecular formula is C9H13FSi. The first-order valence-electron chi connectivity index (χ1n) is 3.87. The molecule has 0 heterocycles. The predicted octanol–water partition coefficient (Wildman–Crippen LogP) is 1.83. The number of benzene rings is 1. The van der Waals surface area contributed by atoms with Crippen molar-refractivity contribution < 1.29 is 4.39 Å². The second kappa shape index (κ2) is 3.18. The average Bonchev–Trinajstić information content (AvgIpc) is 1.85. The summed E-state index contributed by atoms with van der Waals surface area (Å²) in [5.41, 5.74) is 1.10. The molecule has 0 N–H and O–H groups in total. The van der Waals surface area contributed by atoms with Crippen LogP contribution in [0.4, 0.5) is 4.39 Å². The van der Waals surface area contributed by atoms with Crippen molar-refractivity contribution in [3.63, 3.8) is 0 Å². The number of aryl methyl sites for hydroxylation is 1. The Morgan fingerprint density at radius 2 is 1.91 bits per heavy atom. The summed E-state index contributed by atoms with van der Waals surface area (Å²) in [5.74, 6) is -0.124. The van der Waals surface area contributed by atoms with E-state index in [1.54, 1.807) is 12.1 Å². The summed E-state index contributed by atoms with van der Waals surface area (Å²) in [6.45, 7) is 6.48. The zero-order valence-corrected chi connectivity index (χ0v) is 8.34. The zero-order chi connectivity index (χ0) is 8.43. The van der Waals surface area contributed by atoms with E-state index in [4.69, 9.17) is 0 Å². The van der Waals surface area contributed by atoms with Gasteiger partial charge in [-0.1, -0.05) is 24.3 Å². The maximum atomic E-state index is 12.6. The summed E-state index contributed by atoms with van der Waals surface area (Å²) in [6, 6.07) is 5.08. The van der Waals surface area contributed by atoms with Crippen molar-refractivity contribution in [2.24, 2.45) is 0 Å². The standard InChI is InChI=1S/C9H13FSi/c1-7-6-8(10)4-5-9(7)11(2)3/h4-6,11H,1-3H3. The maximum Gasteiger partial charge on any atom is 0.123 e. The zero-order valence-electron chi connectivity index (χ0n) is 7.19. The topological polar surface area (TPSA) is 0 Å². The van der Waals surface area contributed by atoms with E-state index in [1.165, 1.54) is 5.19 Å². The molecule has 60 valence electrons. The SMILES string of the molecule is Cc1cc(F)ccc1[SiH](C)C. The van der Waals surface area contributed by atoms with Gasteiger partial charge in [0.2, 0.25) is 0 Å². The Morgan fingerprint density at radius 1 is 1.27 bits per heavy atom. The minimum Gasteiger partial charge on any atom is -0.207 e. The van der Waals surface area contributed by atoms with Gasteiger partial charge in [-0.2, -0.15) is 0 Å². The molecule has 0 bridgehead atoms. The normalized spacial score (nSPS) is 10.6. The van der Waals surface area contributed by atoms with E-state index in [2.05, 4.69) is 13.1 Å². The van der Waals surface area contributed by atoms with Crippen molar-refractivity contribution in [1.82, 2.24) is 0 Å². The second-order valence-electron chi connectivity index (χ2n) is 3.16. The lowest BCUT2D eigenvalue weighted by atomic mass is 10.2. The second-order valence-corrected chi connectivity index (χ2v) is 6.09. The summed E-state index contributed by atoms with van der Waals surface area (Å²) in [6.07, 6.45) is 0. The number of hydrogen-bond donors (Lipinski definition) is 0. The third-order valence-electron chi connectivity index (χ3n) is 1.85. The molecule has 0 unspecified atom stereocenters. The van der Waals surface area contributed by atoms with Gasteiger partial charge in [-0.25, -0.2) is 4.39 Å². The van der Waals surface area contributed by atoms with Crippen LogP contribution < -0.4 is 5.19 Å². The molecule has 0 amide bonds. The van der Waals surface area contributed by atoms with E-state index in [9.17, 15) is 4.39 Å². The van der Waals surface area contributed by atoms with Crippen LogP contribution in [-0.2, 0) is 0 Å². The lowest BCUT2D eigenvalue weighted by molar-refractivity contribution is 0.627. The summed E-state index contributed by atoms with van der Waals surface area (Å²) < 4.78 is 12.6. The van der Waals surface area contributed by atoms with Gasteiger partial charge in [0.25, 0.3) is 0 Å². The van der Waals surface area contributed by atoms with Gasteiger partial charge in [-0.15, -0.1) is 0 Å². The number of hydrogen-bond acceptors (Lipinski definition) is 0. The molecule has 0 aliphatic rings. The van der Waals surface area contributed by atoms with Crippen LogP contribution in [0.25, 0.3) is 0 Å². The highest BCUT2D eigenvalue weighted by Crippen LogP contribution is 2.00. The summed E-state index contributed by atoms with van der Waals surface area (Å²) >= 11 is 0. The molecule has 0 aliphatic carbocycles. The molecule has 0 spiro atoms. The number of rotatable bonds is 1. The van der Waals surface area contributed by atoms with Crippen molar-refractivity contribution >= 4 is 14.0 Å². The van der Waals surface area contributed by atoms with Crippen LogP contribution in [0, 0.1) is 12.7 Å². The molecule has 0 nitrogen and oxygen atoms in total. The summed E-state index contributed by atoms with van der Waals surface area (Å²) in [4.78, 5) is 0. The van der Waals surface area contributed by atoms with Crippen molar-refractivity contribution in [2.45, 2.75) is 20.0 Å². The highest BCUT2D eigenvalue weighted by Gasteiger charge is 2.03. The molecule has 0 aliphatic heterocycles. The summed E-state index contributed by atoms with van der Waals surface area (Å²) in [7, 11) is -0.755. The molecule has 1 aromatic rings. The van der Waals surface area contributed by atoms with E-state index in [-0.39, 0.29) is 5.82 Å². The van der Waals surface area contributed by atoms with Crippen LogP contribution in [0.5, 0.6) is 0 Å². The largest absolute Gasteiger partial charge is 0.207 e. The van der Waals surface area contributed by atoms with Gasteiger partial charge in [-0.3, -0.25) is 0 Å². The molecule has 0 radical (unpaired) electrons. The molecule has 0 fully saturated rings. The van der Waals surface area contributed by atoms with E-state index in [1.807, 2.05) is 13.0 Å². The lowest BCUT2D eigenvalue weighted by Gasteiger charge is -2.07. The fourth-order valence-electron chi connectivity index (χ4n) is 1.29. The predicted molar refractivity (Wildman–Crippen MR) is 49.6 cm³/mol. The molecule has 1 aromatic carbocycles. The minimum atomic E-state index is -0.755. The molecule has 0 saturated carbocycles. The highest BCUT2D eigenvalue weighted by molar-refractivity contribution is 6.71. The highest BCUT2D eigenvalue weighted by atomic mass is 28.3. The Hall–Kier alpha value is -0.633. The smallest absolute Gasteiger partial charge is 0.123 e. The van der Waals surface area contributed by atoms with Gasteiger partial charge < -0.3 is 0 Å². The van der Waals surface area contributed by atoms with Crippen LogP contribution >= 0.6 is 0 Å². The van der Waals surface area contributed by atoms with E-state index in [0.717, 1.165) is 5.56 Å². The Bertz CT molecular complexity index is 256. The quantitative estimate of drug-likeness (QED) is 0.561. The van der Waals surface area contributed by atoms with Gasteiger partial charge in [0.15, 0.2) is 0 Å². The third-order valence-corrected chi connectivity index (χ3v) is 3.75. The molecule has 0 aromatic heterocycles. The van der Waals surface area contributed by atoms with Crippen molar-refractivity contribution in [2.75, 3.05) is 0 Å². The lowest BCUT2D eigenvalue weighted by Crippen LogP contribution is -2.25. The van der Waals surface area contributed by atoms with Crippen LogP contribution in [0.3, 0.4) is 0 Å². The van der Waals surface area contributed by atoms with Crippen LogP contribution in [-0.4, -0.2) is 8.80 Å². The minimum absolute atomic E-state index is 0.124. The van der Waals surface area contributed by atoms with Gasteiger partial charge in [0.05, 0.1) is 8.80 Å². The maximum absolute atomic E-state index is 12.6. The van der Waals surface area contributed by atoms with E-state index < -0.39 is 8.80 Å². The van der Waals surface area contributed by atoms with E-state index in [0.29, 0.717) is 0 Å². The van der Waals surface area contributed by atoms with Crippen molar-refractivity contribution in [3.05, 3.63) is 29.6 Å². The monoisotopic (exact) mass is 168 g/mol. The Morgan fingerprint density at radius 3 is 2.36 bits per heavy atom.